The first-order valence-corrected chi connectivity index (χ1v) is 6.47. The zero-order valence-electron chi connectivity index (χ0n) is 10.3. The van der Waals surface area contributed by atoms with Gasteiger partial charge >= 0.3 is 5.97 Å². The standard InChI is InChI=1S/C17H12O2/c18-16-10-9-15-13-7-2-1-5-11(13)12-6-3-4-8-14(12)17(15)19-16/h1-8H,9-10H2. The zero-order chi connectivity index (χ0) is 12.8. The molecule has 0 unspecified atom stereocenters. The highest BCUT2D eigenvalue weighted by atomic mass is 16.5. The van der Waals surface area contributed by atoms with E-state index in [4.69, 9.17) is 4.74 Å². The molecule has 0 bridgehead atoms. The zero-order valence-corrected chi connectivity index (χ0v) is 10.3. The van der Waals surface area contributed by atoms with Crippen LogP contribution < -0.4 is 4.74 Å². The summed E-state index contributed by atoms with van der Waals surface area (Å²) in [6, 6.07) is 16.4. The number of ether oxygens (including phenoxy) is 1. The Labute approximate surface area is 110 Å². The van der Waals surface area contributed by atoms with E-state index in [-0.39, 0.29) is 5.97 Å². The van der Waals surface area contributed by atoms with Crippen molar-refractivity contribution in [2.45, 2.75) is 12.8 Å². The quantitative estimate of drug-likeness (QED) is 0.343. The molecule has 0 aliphatic carbocycles. The molecule has 0 spiro atoms. The number of aryl methyl sites for hydroxylation is 1. The predicted octanol–water partition coefficient (Wildman–Crippen LogP) is 3.84. The molecular formula is C17H12O2. The molecule has 3 aromatic rings. The molecule has 1 heterocycles. The van der Waals surface area contributed by atoms with Crippen LogP contribution in [0.2, 0.25) is 0 Å². The predicted molar refractivity (Wildman–Crippen MR) is 75.4 cm³/mol. The van der Waals surface area contributed by atoms with Gasteiger partial charge in [-0.15, -0.1) is 0 Å². The van der Waals surface area contributed by atoms with Crippen LogP contribution in [0.5, 0.6) is 5.75 Å². The maximum Gasteiger partial charge on any atom is 0.311 e. The lowest BCUT2D eigenvalue weighted by Crippen LogP contribution is -2.16. The molecule has 0 aromatic heterocycles. The van der Waals surface area contributed by atoms with Gasteiger partial charge in [0, 0.05) is 10.9 Å². The Balaban J connectivity index is 2.25. The third kappa shape index (κ3) is 1.46. The van der Waals surface area contributed by atoms with Crippen LogP contribution in [0, 0.1) is 0 Å². The number of hydrogen-bond acceptors (Lipinski definition) is 2. The molecule has 92 valence electrons. The van der Waals surface area contributed by atoms with Crippen molar-refractivity contribution in [3.8, 4) is 5.75 Å². The lowest BCUT2D eigenvalue weighted by atomic mass is 9.92. The van der Waals surface area contributed by atoms with Gasteiger partial charge in [0.1, 0.15) is 5.75 Å². The molecule has 4 rings (SSSR count). The van der Waals surface area contributed by atoms with E-state index in [0.29, 0.717) is 6.42 Å². The van der Waals surface area contributed by atoms with Crippen LogP contribution in [-0.2, 0) is 11.2 Å². The Hall–Kier alpha value is -2.35. The minimum atomic E-state index is -0.132. The van der Waals surface area contributed by atoms with Crippen molar-refractivity contribution in [1.29, 1.82) is 0 Å². The fraction of sp³-hybridized carbons (Fsp3) is 0.118. The molecule has 19 heavy (non-hydrogen) atoms. The van der Waals surface area contributed by atoms with Gasteiger partial charge in [0.15, 0.2) is 0 Å². The van der Waals surface area contributed by atoms with Gasteiger partial charge < -0.3 is 4.74 Å². The van der Waals surface area contributed by atoms with Gasteiger partial charge in [-0.25, -0.2) is 0 Å². The molecule has 0 saturated heterocycles. The molecule has 0 N–H and O–H groups in total. The minimum Gasteiger partial charge on any atom is -0.426 e. The van der Waals surface area contributed by atoms with E-state index in [0.717, 1.165) is 28.5 Å². The third-order valence-corrected chi connectivity index (χ3v) is 3.78. The van der Waals surface area contributed by atoms with Crippen molar-refractivity contribution in [1.82, 2.24) is 0 Å². The van der Waals surface area contributed by atoms with Crippen LogP contribution in [0.1, 0.15) is 12.0 Å². The van der Waals surface area contributed by atoms with Crippen molar-refractivity contribution < 1.29 is 9.53 Å². The lowest BCUT2D eigenvalue weighted by Gasteiger charge is -2.20. The Morgan fingerprint density at radius 3 is 2.05 bits per heavy atom. The molecule has 0 atom stereocenters. The maximum atomic E-state index is 11.6. The summed E-state index contributed by atoms with van der Waals surface area (Å²) in [5.41, 5.74) is 1.16. The van der Waals surface area contributed by atoms with Crippen molar-refractivity contribution >= 4 is 27.5 Å². The molecule has 3 aromatic carbocycles. The van der Waals surface area contributed by atoms with Gasteiger partial charge in [-0.05, 0) is 22.6 Å². The minimum absolute atomic E-state index is 0.132. The first kappa shape index (κ1) is 10.6. The molecular weight excluding hydrogens is 236 g/mol. The van der Waals surface area contributed by atoms with Crippen LogP contribution in [0.25, 0.3) is 21.5 Å². The Morgan fingerprint density at radius 2 is 1.32 bits per heavy atom. The highest BCUT2D eigenvalue weighted by Crippen LogP contribution is 2.40. The van der Waals surface area contributed by atoms with Crippen LogP contribution in [0.15, 0.2) is 48.5 Å². The Bertz CT molecular complexity index is 818. The van der Waals surface area contributed by atoms with Gasteiger partial charge in [0.2, 0.25) is 0 Å². The first-order chi connectivity index (χ1) is 9.34. The maximum absolute atomic E-state index is 11.6. The summed E-state index contributed by atoms with van der Waals surface area (Å²) in [6.07, 6.45) is 1.23. The van der Waals surface area contributed by atoms with E-state index in [9.17, 15) is 4.79 Å². The summed E-state index contributed by atoms with van der Waals surface area (Å²) in [6.45, 7) is 0. The topological polar surface area (TPSA) is 26.3 Å². The molecule has 2 heteroatoms. The fourth-order valence-corrected chi connectivity index (χ4v) is 2.94. The van der Waals surface area contributed by atoms with Gasteiger partial charge in [0.25, 0.3) is 0 Å². The smallest absolute Gasteiger partial charge is 0.311 e. The first-order valence-electron chi connectivity index (χ1n) is 6.47. The summed E-state index contributed by atoms with van der Waals surface area (Å²) in [7, 11) is 0. The lowest BCUT2D eigenvalue weighted by molar-refractivity contribution is -0.135. The second-order valence-corrected chi connectivity index (χ2v) is 4.87. The van der Waals surface area contributed by atoms with E-state index in [1.807, 2.05) is 24.3 Å². The molecule has 0 saturated carbocycles. The SMILES string of the molecule is O=C1CCc2c(c3ccccc3c3ccccc23)O1. The number of carbonyl (C=O) groups excluding carboxylic acids is 1. The van der Waals surface area contributed by atoms with Gasteiger partial charge in [-0.1, -0.05) is 48.5 Å². The summed E-state index contributed by atoms with van der Waals surface area (Å²) in [5.74, 6) is 0.624. The van der Waals surface area contributed by atoms with E-state index in [2.05, 4.69) is 24.3 Å². The average Bonchev–Trinajstić information content (AvgIpc) is 2.47. The van der Waals surface area contributed by atoms with Gasteiger partial charge in [0.05, 0.1) is 6.42 Å². The number of carbonyl (C=O) groups is 1. The molecule has 2 nitrogen and oxygen atoms in total. The van der Waals surface area contributed by atoms with Gasteiger partial charge in [-0.2, -0.15) is 0 Å². The molecule has 1 aliphatic rings. The number of esters is 1. The molecule has 0 fully saturated rings. The van der Waals surface area contributed by atoms with Crippen molar-refractivity contribution in [3.63, 3.8) is 0 Å². The highest BCUT2D eigenvalue weighted by molar-refractivity contribution is 6.13. The molecule has 0 amide bonds. The summed E-state index contributed by atoms with van der Waals surface area (Å²) in [4.78, 5) is 11.6. The second-order valence-electron chi connectivity index (χ2n) is 4.87. The number of rotatable bonds is 0. The Morgan fingerprint density at radius 1 is 0.737 bits per heavy atom. The van der Waals surface area contributed by atoms with Crippen LogP contribution in [0.3, 0.4) is 0 Å². The van der Waals surface area contributed by atoms with Crippen molar-refractivity contribution in [3.05, 3.63) is 54.1 Å². The van der Waals surface area contributed by atoms with Crippen LogP contribution in [-0.4, -0.2) is 5.97 Å². The van der Waals surface area contributed by atoms with E-state index in [1.54, 1.807) is 0 Å². The van der Waals surface area contributed by atoms with Gasteiger partial charge in [-0.3, -0.25) is 4.79 Å². The van der Waals surface area contributed by atoms with E-state index >= 15 is 0 Å². The average molecular weight is 248 g/mol. The summed E-state index contributed by atoms with van der Waals surface area (Å²) >= 11 is 0. The highest BCUT2D eigenvalue weighted by Gasteiger charge is 2.22. The largest absolute Gasteiger partial charge is 0.426 e. The van der Waals surface area contributed by atoms with Crippen molar-refractivity contribution in [2.24, 2.45) is 0 Å². The third-order valence-electron chi connectivity index (χ3n) is 3.78. The number of hydrogen-bond donors (Lipinski definition) is 0. The monoisotopic (exact) mass is 248 g/mol. The Kier molecular flexibility index (Phi) is 2.12. The fourth-order valence-electron chi connectivity index (χ4n) is 2.94. The number of benzene rings is 3. The molecule has 0 radical (unpaired) electrons. The summed E-state index contributed by atoms with van der Waals surface area (Å²) in [5, 5.41) is 4.61. The normalized spacial score (nSPS) is 14.4. The van der Waals surface area contributed by atoms with Crippen molar-refractivity contribution in [2.75, 3.05) is 0 Å². The van der Waals surface area contributed by atoms with Crippen LogP contribution >= 0.6 is 0 Å². The molecule has 1 aliphatic heterocycles. The second kappa shape index (κ2) is 3.82. The summed E-state index contributed by atoms with van der Waals surface area (Å²) < 4.78 is 5.51. The van der Waals surface area contributed by atoms with E-state index < -0.39 is 0 Å². The van der Waals surface area contributed by atoms with E-state index in [1.165, 1.54) is 10.8 Å². The van der Waals surface area contributed by atoms with Crippen LogP contribution in [0.4, 0.5) is 0 Å². The number of fused-ring (bicyclic) bond motifs is 6.